The number of nitrogens with two attached hydrogens (primary N) is 1. The van der Waals surface area contributed by atoms with Crippen molar-refractivity contribution in [3.63, 3.8) is 0 Å². The first-order valence-electron chi connectivity index (χ1n) is 8.59. The Bertz CT molecular complexity index is 1010. The molecule has 27 heavy (non-hydrogen) atoms. The first kappa shape index (κ1) is 17.3. The number of rotatable bonds is 5. The van der Waals surface area contributed by atoms with E-state index in [1.165, 1.54) is 0 Å². The second-order valence-electron chi connectivity index (χ2n) is 6.11. The number of amides is 1. The Balaban J connectivity index is 1.82. The number of carbonyl (C=O) groups excluding carboxylic acids is 1. The zero-order valence-electron chi connectivity index (χ0n) is 15.0. The van der Waals surface area contributed by atoms with Gasteiger partial charge in [-0.1, -0.05) is 18.2 Å². The molecule has 0 radical (unpaired) electrons. The van der Waals surface area contributed by atoms with Gasteiger partial charge < -0.3 is 15.8 Å². The molecule has 0 aliphatic carbocycles. The summed E-state index contributed by atoms with van der Waals surface area (Å²) in [7, 11) is 0. The molecule has 4 rings (SSSR count). The Kier molecular flexibility index (Phi) is 4.41. The minimum atomic E-state index is -0.488. The largest absolute Gasteiger partial charge is 0.494 e. The standard InChI is InChI=1S/C19H19N5O2S/c1-3-26-13-8-6-12(7-9-13)16-15(17(20)25)11(2)21-19-22-18(23-24(16)19)14-5-4-10-27-14/h4-10,16H,3H2,1-2H3,(H2,20,25)(H,21,22,23)/t16-/m0/s1. The summed E-state index contributed by atoms with van der Waals surface area (Å²) >= 11 is 1.56. The number of hydrogen-bond acceptors (Lipinski definition) is 6. The minimum absolute atomic E-state index is 0.448. The molecule has 3 aromatic rings. The summed E-state index contributed by atoms with van der Waals surface area (Å²) in [4.78, 5) is 17.8. The Morgan fingerprint density at radius 3 is 2.74 bits per heavy atom. The molecule has 7 nitrogen and oxygen atoms in total. The van der Waals surface area contributed by atoms with Crippen molar-refractivity contribution < 1.29 is 9.53 Å². The number of allylic oxidation sites excluding steroid dienone is 1. The predicted octanol–water partition coefficient (Wildman–Crippen LogP) is 3.18. The van der Waals surface area contributed by atoms with Crippen LogP contribution < -0.4 is 15.8 Å². The molecule has 0 saturated carbocycles. The lowest BCUT2D eigenvalue weighted by Gasteiger charge is -2.27. The number of nitrogens with zero attached hydrogens (tertiary/aromatic N) is 3. The maximum atomic E-state index is 12.2. The SMILES string of the molecule is CCOc1ccc([C@H]2C(C(N)=O)=C(C)Nc3nc(-c4cccs4)nn32)cc1. The van der Waals surface area contributed by atoms with Gasteiger partial charge >= 0.3 is 0 Å². The molecule has 1 atom stereocenters. The monoisotopic (exact) mass is 381 g/mol. The quantitative estimate of drug-likeness (QED) is 0.708. The number of anilines is 1. The average molecular weight is 381 g/mol. The maximum Gasteiger partial charge on any atom is 0.248 e. The lowest BCUT2D eigenvalue weighted by molar-refractivity contribution is -0.115. The zero-order valence-corrected chi connectivity index (χ0v) is 15.8. The molecule has 3 N–H and O–H groups in total. The second kappa shape index (κ2) is 6.88. The summed E-state index contributed by atoms with van der Waals surface area (Å²) in [6, 6.07) is 11.1. The molecule has 0 fully saturated rings. The molecule has 1 amide bonds. The van der Waals surface area contributed by atoms with Crippen molar-refractivity contribution in [2.75, 3.05) is 11.9 Å². The molecule has 138 valence electrons. The van der Waals surface area contributed by atoms with Crippen molar-refractivity contribution in [1.82, 2.24) is 14.8 Å². The molecule has 2 aromatic heterocycles. The number of thiophene rings is 1. The maximum absolute atomic E-state index is 12.2. The molecule has 1 aliphatic rings. The van der Waals surface area contributed by atoms with E-state index in [1.54, 1.807) is 16.0 Å². The molecule has 1 aliphatic heterocycles. The van der Waals surface area contributed by atoms with Crippen molar-refractivity contribution in [3.05, 3.63) is 58.6 Å². The van der Waals surface area contributed by atoms with Gasteiger partial charge in [0.25, 0.3) is 0 Å². The van der Waals surface area contributed by atoms with Gasteiger partial charge in [-0.15, -0.1) is 16.4 Å². The fraction of sp³-hybridized carbons (Fsp3) is 0.211. The van der Waals surface area contributed by atoms with E-state index >= 15 is 0 Å². The van der Waals surface area contributed by atoms with Crippen LogP contribution >= 0.6 is 11.3 Å². The topological polar surface area (TPSA) is 95.1 Å². The van der Waals surface area contributed by atoms with Gasteiger partial charge in [-0.3, -0.25) is 4.79 Å². The van der Waals surface area contributed by atoms with Gasteiger partial charge in [0.05, 0.1) is 17.1 Å². The Hall–Kier alpha value is -3.13. The summed E-state index contributed by atoms with van der Waals surface area (Å²) < 4.78 is 7.24. The molecule has 0 saturated heterocycles. The van der Waals surface area contributed by atoms with Gasteiger partial charge in [0.2, 0.25) is 11.9 Å². The average Bonchev–Trinajstić information content (AvgIpc) is 3.30. The summed E-state index contributed by atoms with van der Waals surface area (Å²) in [5.41, 5.74) is 7.73. The molecular weight excluding hydrogens is 362 g/mol. The van der Waals surface area contributed by atoms with E-state index in [9.17, 15) is 4.79 Å². The molecule has 0 bridgehead atoms. The smallest absolute Gasteiger partial charge is 0.248 e. The molecule has 0 spiro atoms. The molecule has 8 heteroatoms. The van der Waals surface area contributed by atoms with Gasteiger partial charge in [-0.25, -0.2) is 4.68 Å². The number of aromatic nitrogens is 3. The Labute approximate surface area is 160 Å². The van der Waals surface area contributed by atoms with Crippen LogP contribution in [0, 0.1) is 0 Å². The number of ether oxygens (including phenoxy) is 1. The lowest BCUT2D eigenvalue weighted by Crippen LogP contribution is -2.31. The zero-order chi connectivity index (χ0) is 19.0. The summed E-state index contributed by atoms with van der Waals surface area (Å²) in [5.74, 6) is 1.48. The Morgan fingerprint density at radius 1 is 1.33 bits per heavy atom. The molecule has 3 heterocycles. The van der Waals surface area contributed by atoms with Gasteiger partial charge in [-0.2, -0.15) is 4.98 Å². The van der Waals surface area contributed by atoms with Crippen molar-refractivity contribution in [2.45, 2.75) is 19.9 Å². The van der Waals surface area contributed by atoms with Crippen LogP contribution in [0.1, 0.15) is 25.5 Å². The van der Waals surface area contributed by atoms with Crippen LogP contribution in [-0.2, 0) is 4.79 Å². The highest BCUT2D eigenvalue weighted by Gasteiger charge is 2.33. The van der Waals surface area contributed by atoms with E-state index in [0.29, 0.717) is 29.6 Å². The van der Waals surface area contributed by atoms with Gasteiger partial charge in [0.15, 0.2) is 5.82 Å². The van der Waals surface area contributed by atoms with Crippen molar-refractivity contribution >= 4 is 23.2 Å². The number of fused-ring (bicyclic) bond motifs is 1. The predicted molar refractivity (Wildman–Crippen MR) is 105 cm³/mol. The number of carbonyl (C=O) groups is 1. The van der Waals surface area contributed by atoms with Crippen LogP contribution in [0.2, 0.25) is 0 Å². The van der Waals surface area contributed by atoms with Crippen LogP contribution in [0.3, 0.4) is 0 Å². The molecule has 1 aromatic carbocycles. The highest BCUT2D eigenvalue weighted by molar-refractivity contribution is 7.13. The highest BCUT2D eigenvalue weighted by atomic mass is 32.1. The minimum Gasteiger partial charge on any atom is -0.494 e. The van der Waals surface area contributed by atoms with Gasteiger partial charge in [0.1, 0.15) is 11.8 Å². The number of hydrogen-bond donors (Lipinski definition) is 2. The van der Waals surface area contributed by atoms with Crippen molar-refractivity contribution in [3.8, 4) is 16.5 Å². The van der Waals surface area contributed by atoms with Crippen LogP contribution in [0.5, 0.6) is 5.75 Å². The number of nitrogens with one attached hydrogen (secondary N) is 1. The van der Waals surface area contributed by atoms with Gasteiger partial charge in [0, 0.05) is 5.70 Å². The van der Waals surface area contributed by atoms with Crippen LogP contribution in [0.4, 0.5) is 5.95 Å². The van der Waals surface area contributed by atoms with Crippen LogP contribution in [0.15, 0.2) is 53.0 Å². The summed E-state index contributed by atoms with van der Waals surface area (Å²) in [6.45, 7) is 4.35. The fourth-order valence-corrected chi connectivity index (χ4v) is 3.85. The number of primary amides is 1. The summed E-state index contributed by atoms with van der Waals surface area (Å²) in [6.07, 6.45) is 0. The molecule has 0 unspecified atom stereocenters. The fourth-order valence-electron chi connectivity index (χ4n) is 3.20. The van der Waals surface area contributed by atoms with Gasteiger partial charge in [-0.05, 0) is 43.0 Å². The Morgan fingerprint density at radius 2 is 2.11 bits per heavy atom. The van der Waals surface area contributed by atoms with E-state index < -0.39 is 11.9 Å². The van der Waals surface area contributed by atoms with E-state index in [-0.39, 0.29) is 0 Å². The second-order valence-corrected chi connectivity index (χ2v) is 7.06. The van der Waals surface area contributed by atoms with E-state index in [2.05, 4.69) is 15.4 Å². The summed E-state index contributed by atoms with van der Waals surface area (Å²) in [5, 5.41) is 9.79. The van der Waals surface area contributed by atoms with Crippen molar-refractivity contribution in [2.24, 2.45) is 5.73 Å². The lowest BCUT2D eigenvalue weighted by atomic mass is 9.95. The third-order valence-electron chi connectivity index (χ3n) is 4.37. The third kappa shape index (κ3) is 3.08. The van der Waals surface area contributed by atoms with Crippen molar-refractivity contribution in [1.29, 1.82) is 0 Å². The first-order chi connectivity index (χ1) is 13.1. The van der Waals surface area contributed by atoms with E-state index in [4.69, 9.17) is 10.5 Å². The van der Waals surface area contributed by atoms with E-state index in [1.807, 2.05) is 55.6 Å². The van der Waals surface area contributed by atoms with E-state index in [0.717, 1.165) is 16.2 Å². The normalized spacial score (nSPS) is 16.0. The number of benzene rings is 1. The van der Waals surface area contributed by atoms with Crippen LogP contribution in [0.25, 0.3) is 10.7 Å². The molecular formula is C19H19N5O2S. The third-order valence-corrected chi connectivity index (χ3v) is 5.23. The highest BCUT2D eigenvalue weighted by Crippen LogP contribution is 2.37. The van der Waals surface area contributed by atoms with Crippen LogP contribution in [-0.4, -0.2) is 27.3 Å². The first-order valence-corrected chi connectivity index (χ1v) is 9.47.